The van der Waals surface area contributed by atoms with E-state index in [9.17, 15) is 9.90 Å². The molecule has 0 aliphatic carbocycles. The number of hydrogen-bond donors (Lipinski definition) is 2. The van der Waals surface area contributed by atoms with Crippen LogP contribution in [-0.2, 0) is 4.74 Å². The summed E-state index contributed by atoms with van der Waals surface area (Å²) >= 11 is 0. The van der Waals surface area contributed by atoms with Gasteiger partial charge in [-0.3, -0.25) is 5.32 Å². The molecule has 0 saturated carbocycles. The van der Waals surface area contributed by atoms with Crippen LogP contribution in [0.25, 0.3) is 11.1 Å². The molecule has 1 amide bonds. The van der Waals surface area contributed by atoms with Crippen molar-refractivity contribution in [3.05, 3.63) is 48.0 Å². The third-order valence-corrected chi connectivity index (χ3v) is 2.90. The maximum Gasteiger partial charge on any atom is 0.412 e. The molecule has 2 aromatic rings. The lowest BCUT2D eigenvalue weighted by molar-refractivity contribution is 0.0636. The van der Waals surface area contributed by atoms with E-state index in [1.54, 1.807) is 18.2 Å². The van der Waals surface area contributed by atoms with E-state index in [0.717, 1.165) is 16.7 Å². The van der Waals surface area contributed by atoms with Crippen molar-refractivity contribution in [2.24, 2.45) is 0 Å². The number of rotatable bonds is 2. The molecule has 0 unspecified atom stereocenters. The zero-order valence-electron chi connectivity index (χ0n) is 13.3. The summed E-state index contributed by atoms with van der Waals surface area (Å²) in [7, 11) is 0. The molecule has 0 spiro atoms. The van der Waals surface area contributed by atoms with E-state index in [1.807, 2.05) is 52.0 Å². The van der Waals surface area contributed by atoms with Crippen molar-refractivity contribution in [3.8, 4) is 16.9 Å². The van der Waals surface area contributed by atoms with Crippen LogP contribution in [-0.4, -0.2) is 16.8 Å². The molecule has 0 atom stereocenters. The monoisotopic (exact) mass is 299 g/mol. The number of phenols is 1. The third kappa shape index (κ3) is 4.52. The van der Waals surface area contributed by atoms with Crippen LogP contribution in [0.2, 0.25) is 0 Å². The molecule has 0 saturated heterocycles. The van der Waals surface area contributed by atoms with Gasteiger partial charge in [0, 0.05) is 5.69 Å². The first-order valence-electron chi connectivity index (χ1n) is 7.14. The molecule has 4 nitrogen and oxygen atoms in total. The number of nitrogens with one attached hydrogen (secondary N) is 1. The molecule has 2 N–H and O–H groups in total. The SMILES string of the molecule is Cc1cc(O)cc(-c2cccc(NC(=O)OC(C)(C)C)c2)c1. The fraction of sp³-hybridized carbons (Fsp3) is 0.278. The van der Waals surface area contributed by atoms with Crippen molar-refractivity contribution < 1.29 is 14.6 Å². The number of ether oxygens (including phenoxy) is 1. The van der Waals surface area contributed by atoms with Gasteiger partial charge in [-0.1, -0.05) is 18.2 Å². The molecule has 4 heteroatoms. The molecule has 0 aliphatic rings. The molecule has 0 radical (unpaired) electrons. The normalized spacial score (nSPS) is 11.1. The molecule has 22 heavy (non-hydrogen) atoms. The standard InChI is InChI=1S/C18H21NO3/c1-12-8-14(11-16(20)9-12)13-6-5-7-15(10-13)19-17(21)22-18(2,3)4/h5-11,20H,1-4H3,(H,19,21). The van der Waals surface area contributed by atoms with Crippen LogP contribution < -0.4 is 5.32 Å². The summed E-state index contributed by atoms with van der Waals surface area (Å²) in [6.07, 6.45) is -0.489. The van der Waals surface area contributed by atoms with Crippen LogP contribution in [0.5, 0.6) is 5.75 Å². The average molecular weight is 299 g/mol. The van der Waals surface area contributed by atoms with Gasteiger partial charge in [-0.15, -0.1) is 0 Å². The minimum absolute atomic E-state index is 0.223. The Morgan fingerprint density at radius 2 is 1.82 bits per heavy atom. The summed E-state index contributed by atoms with van der Waals surface area (Å²) < 4.78 is 5.24. The summed E-state index contributed by atoms with van der Waals surface area (Å²) in [5, 5.41) is 12.4. The van der Waals surface area contributed by atoms with E-state index in [4.69, 9.17) is 4.74 Å². The Morgan fingerprint density at radius 3 is 2.45 bits per heavy atom. The maximum absolute atomic E-state index is 11.8. The number of amides is 1. The lowest BCUT2D eigenvalue weighted by Gasteiger charge is -2.19. The van der Waals surface area contributed by atoms with Gasteiger partial charge in [0.2, 0.25) is 0 Å². The van der Waals surface area contributed by atoms with Gasteiger partial charge in [-0.2, -0.15) is 0 Å². The highest BCUT2D eigenvalue weighted by Crippen LogP contribution is 2.27. The Morgan fingerprint density at radius 1 is 1.09 bits per heavy atom. The van der Waals surface area contributed by atoms with Gasteiger partial charge in [0.15, 0.2) is 0 Å². The first-order chi connectivity index (χ1) is 10.2. The molecule has 2 rings (SSSR count). The largest absolute Gasteiger partial charge is 0.508 e. The zero-order valence-corrected chi connectivity index (χ0v) is 13.3. The first-order valence-corrected chi connectivity index (χ1v) is 7.14. The number of aromatic hydroxyl groups is 1. The molecule has 0 aliphatic heterocycles. The van der Waals surface area contributed by atoms with Gasteiger partial charge in [0.05, 0.1) is 0 Å². The Kier molecular flexibility index (Phi) is 4.40. The highest BCUT2D eigenvalue weighted by atomic mass is 16.6. The summed E-state index contributed by atoms with van der Waals surface area (Å²) in [5.74, 6) is 0.223. The van der Waals surface area contributed by atoms with Crippen molar-refractivity contribution in [1.29, 1.82) is 0 Å². The number of benzene rings is 2. The minimum atomic E-state index is -0.538. The Labute approximate surface area is 130 Å². The van der Waals surface area contributed by atoms with Crippen LogP contribution in [0.1, 0.15) is 26.3 Å². The van der Waals surface area contributed by atoms with Gasteiger partial charge >= 0.3 is 6.09 Å². The average Bonchev–Trinajstić information content (AvgIpc) is 2.35. The molecule has 0 fully saturated rings. The van der Waals surface area contributed by atoms with Crippen molar-refractivity contribution in [2.75, 3.05) is 5.32 Å². The van der Waals surface area contributed by atoms with Crippen LogP contribution >= 0.6 is 0 Å². The number of hydrogen-bond acceptors (Lipinski definition) is 3. The first kappa shape index (κ1) is 15.9. The number of anilines is 1. The predicted octanol–water partition coefficient (Wildman–Crippen LogP) is 4.71. The smallest absolute Gasteiger partial charge is 0.412 e. The molecule has 0 aromatic heterocycles. The summed E-state index contributed by atoms with van der Waals surface area (Å²) in [4.78, 5) is 11.8. The number of aryl methyl sites for hydroxylation is 1. The van der Waals surface area contributed by atoms with E-state index in [2.05, 4.69) is 5.32 Å². The fourth-order valence-electron chi connectivity index (χ4n) is 2.13. The van der Waals surface area contributed by atoms with Crippen LogP contribution in [0.3, 0.4) is 0 Å². The van der Waals surface area contributed by atoms with Gasteiger partial charge in [0.1, 0.15) is 11.4 Å². The molecular weight excluding hydrogens is 278 g/mol. The molecule has 116 valence electrons. The second kappa shape index (κ2) is 6.10. The predicted molar refractivity (Wildman–Crippen MR) is 88.1 cm³/mol. The quantitative estimate of drug-likeness (QED) is 0.844. The van der Waals surface area contributed by atoms with E-state index >= 15 is 0 Å². The van der Waals surface area contributed by atoms with Crippen LogP contribution in [0.15, 0.2) is 42.5 Å². The second-order valence-electron chi connectivity index (χ2n) is 6.26. The van der Waals surface area contributed by atoms with Crippen LogP contribution in [0, 0.1) is 6.92 Å². The van der Waals surface area contributed by atoms with Crippen molar-refractivity contribution in [1.82, 2.24) is 0 Å². The zero-order chi connectivity index (χ0) is 16.3. The number of carbonyl (C=O) groups is 1. The number of phenolic OH excluding ortho intramolecular Hbond substituents is 1. The molecule has 0 bridgehead atoms. The van der Waals surface area contributed by atoms with Crippen molar-refractivity contribution in [3.63, 3.8) is 0 Å². The summed E-state index contributed by atoms with van der Waals surface area (Å²) in [6.45, 7) is 7.38. The summed E-state index contributed by atoms with van der Waals surface area (Å²) in [5.41, 5.74) is 2.88. The lowest BCUT2D eigenvalue weighted by atomic mass is 10.0. The third-order valence-electron chi connectivity index (χ3n) is 2.90. The highest BCUT2D eigenvalue weighted by molar-refractivity contribution is 5.86. The van der Waals surface area contributed by atoms with Crippen molar-refractivity contribution >= 4 is 11.8 Å². The second-order valence-corrected chi connectivity index (χ2v) is 6.26. The Balaban J connectivity index is 2.21. The van der Waals surface area contributed by atoms with Gasteiger partial charge in [-0.05, 0) is 68.7 Å². The van der Waals surface area contributed by atoms with Gasteiger partial charge < -0.3 is 9.84 Å². The number of carbonyl (C=O) groups excluding carboxylic acids is 1. The van der Waals surface area contributed by atoms with Gasteiger partial charge in [-0.25, -0.2) is 4.79 Å². The molecule has 0 heterocycles. The molecule has 2 aromatic carbocycles. The lowest BCUT2D eigenvalue weighted by Crippen LogP contribution is -2.27. The fourth-order valence-corrected chi connectivity index (χ4v) is 2.13. The highest BCUT2D eigenvalue weighted by Gasteiger charge is 2.16. The van der Waals surface area contributed by atoms with E-state index in [0.29, 0.717) is 5.69 Å². The van der Waals surface area contributed by atoms with Crippen LogP contribution in [0.4, 0.5) is 10.5 Å². The Bertz CT molecular complexity index is 667. The van der Waals surface area contributed by atoms with E-state index in [1.165, 1.54) is 0 Å². The van der Waals surface area contributed by atoms with E-state index in [-0.39, 0.29) is 5.75 Å². The summed E-state index contributed by atoms with van der Waals surface area (Å²) in [6, 6.07) is 12.8. The topological polar surface area (TPSA) is 58.6 Å². The minimum Gasteiger partial charge on any atom is -0.508 e. The van der Waals surface area contributed by atoms with Crippen molar-refractivity contribution in [2.45, 2.75) is 33.3 Å². The van der Waals surface area contributed by atoms with Gasteiger partial charge in [0.25, 0.3) is 0 Å². The maximum atomic E-state index is 11.8. The molecular formula is C18H21NO3. The van der Waals surface area contributed by atoms with E-state index < -0.39 is 11.7 Å². The Hall–Kier alpha value is -2.49.